The first-order valence-electron chi connectivity index (χ1n) is 6.13. The molecule has 0 fully saturated rings. The Balaban J connectivity index is 1.94. The number of carbonyl (C=O) groups is 1. The third-order valence-corrected chi connectivity index (χ3v) is 2.83. The van der Waals surface area contributed by atoms with Crippen LogP contribution in [0, 0.1) is 5.82 Å². The fourth-order valence-electron chi connectivity index (χ4n) is 1.84. The number of phenols is 1. The summed E-state index contributed by atoms with van der Waals surface area (Å²) in [5.41, 5.74) is 7.26. The van der Waals surface area contributed by atoms with Crippen molar-refractivity contribution in [2.45, 2.75) is 13.0 Å². The van der Waals surface area contributed by atoms with Crippen molar-refractivity contribution in [1.29, 1.82) is 0 Å². The average molecular weight is 274 g/mol. The summed E-state index contributed by atoms with van der Waals surface area (Å²) < 4.78 is 13.0. The van der Waals surface area contributed by atoms with Gasteiger partial charge in [0.15, 0.2) is 0 Å². The summed E-state index contributed by atoms with van der Waals surface area (Å²) in [5.74, 6) is -0.550. The molecule has 0 unspecified atom stereocenters. The van der Waals surface area contributed by atoms with Crippen molar-refractivity contribution in [3.63, 3.8) is 0 Å². The lowest BCUT2D eigenvalue weighted by Gasteiger charge is -2.08. The second-order valence-corrected chi connectivity index (χ2v) is 4.47. The molecule has 4 N–H and O–H groups in total. The fourth-order valence-corrected chi connectivity index (χ4v) is 1.84. The van der Waals surface area contributed by atoms with Crippen LogP contribution in [0.25, 0.3) is 0 Å². The van der Waals surface area contributed by atoms with Crippen LogP contribution in [0.1, 0.15) is 11.1 Å². The lowest BCUT2D eigenvalue weighted by atomic mass is 10.1. The number of nitrogens with one attached hydrogen (secondary N) is 1. The third-order valence-electron chi connectivity index (χ3n) is 2.83. The Morgan fingerprint density at radius 2 is 2.05 bits per heavy atom. The molecule has 1 amide bonds. The predicted molar refractivity (Wildman–Crippen MR) is 74.5 cm³/mol. The van der Waals surface area contributed by atoms with Gasteiger partial charge in [-0.05, 0) is 35.9 Å². The van der Waals surface area contributed by atoms with E-state index in [1.807, 2.05) is 0 Å². The highest BCUT2D eigenvalue weighted by Gasteiger charge is 2.06. The van der Waals surface area contributed by atoms with Gasteiger partial charge in [-0.3, -0.25) is 4.79 Å². The number of nitrogen functional groups attached to an aromatic ring is 1. The molecule has 2 rings (SSSR count). The maximum Gasteiger partial charge on any atom is 0.224 e. The minimum absolute atomic E-state index is 0.0743. The molecule has 4 nitrogen and oxygen atoms in total. The highest BCUT2D eigenvalue weighted by Crippen LogP contribution is 2.19. The number of anilines is 1. The Labute approximate surface area is 116 Å². The molecule has 2 aromatic rings. The summed E-state index contributed by atoms with van der Waals surface area (Å²) in [4.78, 5) is 11.7. The molecule has 0 spiro atoms. The van der Waals surface area contributed by atoms with E-state index in [9.17, 15) is 14.3 Å². The number of nitrogens with two attached hydrogens (primary N) is 1. The van der Waals surface area contributed by atoms with Crippen LogP contribution in [0.4, 0.5) is 10.1 Å². The van der Waals surface area contributed by atoms with E-state index in [2.05, 4.69) is 5.32 Å². The number of hydrogen-bond donors (Lipinski definition) is 3. The van der Waals surface area contributed by atoms with Crippen molar-refractivity contribution in [2.24, 2.45) is 0 Å². The van der Waals surface area contributed by atoms with E-state index >= 15 is 0 Å². The second kappa shape index (κ2) is 6.06. The van der Waals surface area contributed by atoms with Gasteiger partial charge in [0.2, 0.25) is 5.91 Å². The van der Waals surface area contributed by atoms with Crippen LogP contribution in [0.15, 0.2) is 42.5 Å². The van der Waals surface area contributed by atoms with Crippen LogP contribution in [-0.2, 0) is 17.8 Å². The highest BCUT2D eigenvalue weighted by atomic mass is 19.1. The quantitative estimate of drug-likeness (QED) is 0.589. The van der Waals surface area contributed by atoms with Crippen LogP contribution in [0.3, 0.4) is 0 Å². The van der Waals surface area contributed by atoms with Crippen LogP contribution in [-0.4, -0.2) is 11.0 Å². The van der Waals surface area contributed by atoms with Gasteiger partial charge in [0.05, 0.1) is 6.42 Å². The molecule has 5 heteroatoms. The monoisotopic (exact) mass is 274 g/mol. The Hall–Kier alpha value is -2.56. The fraction of sp³-hybridized carbons (Fsp3) is 0.133. The standard InChI is InChI=1S/C15H15FN2O2/c16-12-3-1-2-10(6-12)7-15(20)18-9-11-8-13(17)4-5-14(11)19/h1-6,8,19H,7,9,17H2,(H,18,20). The molecule has 2 aromatic carbocycles. The first-order chi connectivity index (χ1) is 9.54. The number of amides is 1. The Bertz CT molecular complexity index is 629. The zero-order chi connectivity index (χ0) is 14.5. The number of hydrogen-bond acceptors (Lipinski definition) is 3. The molecule has 0 aliphatic carbocycles. The van der Waals surface area contributed by atoms with E-state index in [0.717, 1.165) is 0 Å². The highest BCUT2D eigenvalue weighted by molar-refractivity contribution is 5.78. The minimum atomic E-state index is -0.372. The number of phenolic OH excluding ortho intramolecular Hbond substituents is 1. The topological polar surface area (TPSA) is 75.3 Å². The van der Waals surface area contributed by atoms with Gasteiger partial charge in [0.1, 0.15) is 11.6 Å². The number of halogens is 1. The van der Waals surface area contributed by atoms with Crippen molar-refractivity contribution in [2.75, 3.05) is 5.73 Å². The predicted octanol–water partition coefficient (Wildman–Crippen LogP) is 1.97. The summed E-state index contributed by atoms with van der Waals surface area (Å²) in [5, 5.41) is 12.3. The molecule has 20 heavy (non-hydrogen) atoms. The number of aromatic hydroxyl groups is 1. The number of carbonyl (C=O) groups excluding carboxylic acids is 1. The zero-order valence-electron chi connectivity index (χ0n) is 10.8. The van der Waals surface area contributed by atoms with Gasteiger partial charge in [0.25, 0.3) is 0 Å². The first-order valence-corrected chi connectivity index (χ1v) is 6.13. The lowest BCUT2D eigenvalue weighted by molar-refractivity contribution is -0.120. The molecule has 0 aliphatic heterocycles. The maximum absolute atomic E-state index is 13.0. The molecule has 0 heterocycles. The van der Waals surface area contributed by atoms with E-state index in [0.29, 0.717) is 16.8 Å². The summed E-state index contributed by atoms with van der Waals surface area (Å²) in [6.45, 7) is 0.172. The van der Waals surface area contributed by atoms with Gasteiger partial charge in [-0.1, -0.05) is 12.1 Å². The van der Waals surface area contributed by atoms with Gasteiger partial charge in [-0.15, -0.1) is 0 Å². The summed E-state index contributed by atoms with van der Waals surface area (Å²) >= 11 is 0. The first kappa shape index (κ1) is 13.9. The summed E-state index contributed by atoms with van der Waals surface area (Å²) in [6, 6.07) is 10.5. The third kappa shape index (κ3) is 3.71. The molecule has 0 aliphatic rings. The van der Waals surface area contributed by atoms with Crippen molar-refractivity contribution < 1.29 is 14.3 Å². The molecular formula is C15H15FN2O2. The minimum Gasteiger partial charge on any atom is -0.508 e. The van der Waals surface area contributed by atoms with Crippen LogP contribution in [0.2, 0.25) is 0 Å². The zero-order valence-corrected chi connectivity index (χ0v) is 10.8. The van der Waals surface area contributed by atoms with Crippen molar-refractivity contribution in [3.8, 4) is 5.75 Å². The molecule has 104 valence electrons. The van der Waals surface area contributed by atoms with E-state index < -0.39 is 0 Å². The van der Waals surface area contributed by atoms with Gasteiger partial charge < -0.3 is 16.2 Å². The largest absolute Gasteiger partial charge is 0.508 e. The average Bonchev–Trinajstić information content (AvgIpc) is 2.40. The lowest BCUT2D eigenvalue weighted by Crippen LogP contribution is -2.24. The van der Waals surface area contributed by atoms with Crippen molar-refractivity contribution >= 4 is 11.6 Å². The summed E-state index contributed by atoms with van der Waals surface area (Å²) in [7, 11) is 0. The number of rotatable bonds is 4. The smallest absolute Gasteiger partial charge is 0.224 e. The second-order valence-electron chi connectivity index (χ2n) is 4.47. The van der Waals surface area contributed by atoms with Crippen molar-refractivity contribution in [3.05, 3.63) is 59.4 Å². The van der Waals surface area contributed by atoms with E-state index in [-0.39, 0.29) is 30.4 Å². The van der Waals surface area contributed by atoms with Crippen LogP contribution < -0.4 is 11.1 Å². The number of benzene rings is 2. The Morgan fingerprint density at radius 3 is 2.80 bits per heavy atom. The molecular weight excluding hydrogens is 259 g/mol. The van der Waals surface area contributed by atoms with E-state index in [1.54, 1.807) is 24.3 Å². The van der Waals surface area contributed by atoms with Gasteiger partial charge in [0, 0.05) is 17.8 Å². The molecule has 0 saturated heterocycles. The normalized spacial score (nSPS) is 10.2. The Kier molecular flexibility index (Phi) is 4.20. The maximum atomic E-state index is 13.0. The molecule has 0 saturated carbocycles. The van der Waals surface area contributed by atoms with Crippen LogP contribution in [0.5, 0.6) is 5.75 Å². The van der Waals surface area contributed by atoms with Gasteiger partial charge in [-0.25, -0.2) is 4.39 Å². The summed E-state index contributed by atoms with van der Waals surface area (Å²) in [6.07, 6.45) is 0.0842. The van der Waals surface area contributed by atoms with Gasteiger partial charge in [-0.2, -0.15) is 0 Å². The van der Waals surface area contributed by atoms with Gasteiger partial charge >= 0.3 is 0 Å². The Morgan fingerprint density at radius 1 is 1.25 bits per heavy atom. The van der Waals surface area contributed by atoms with E-state index in [4.69, 9.17) is 5.73 Å². The molecule has 0 atom stereocenters. The van der Waals surface area contributed by atoms with Crippen molar-refractivity contribution in [1.82, 2.24) is 5.32 Å². The molecule has 0 radical (unpaired) electrons. The van der Waals surface area contributed by atoms with E-state index in [1.165, 1.54) is 18.2 Å². The van der Waals surface area contributed by atoms with Crippen LogP contribution >= 0.6 is 0 Å². The SMILES string of the molecule is Nc1ccc(O)c(CNC(=O)Cc2cccc(F)c2)c1. The molecule has 0 aromatic heterocycles. The molecule has 0 bridgehead atoms.